The Morgan fingerprint density at radius 3 is 2.63 bits per heavy atom. The minimum Gasteiger partial charge on any atom is -0.495 e. The van der Waals surface area contributed by atoms with Crippen molar-refractivity contribution in [2.45, 2.75) is 13.3 Å². The Bertz CT molecular complexity index is 1670. The Morgan fingerprint density at radius 1 is 1.15 bits per heavy atom. The highest BCUT2D eigenvalue weighted by Crippen LogP contribution is 2.39. The van der Waals surface area contributed by atoms with Crippen molar-refractivity contribution in [3.05, 3.63) is 59.0 Å². The highest BCUT2D eigenvalue weighted by Gasteiger charge is 2.27. The molecule has 2 amide bonds. The van der Waals surface area contributed by atoms with Crippen molar-refractivity contribution in [3.63, 3.8) is 0 Å². The smallest absolute Gasteiger partial charge is 0.256 e. The minimum absolute atomic E-state index is 0.00956. The fourth-order valence-electron chi connectivity index (χ4n) is 5.16. The lowest BCUT2D eigenvalue weighted by molar-refractivity contribution is -0.119. The number of carbonyl (C=O) groups is 2. The molecule has 1 aliphatic rings. The van der Waals surface area contributed by atoms with E-state index in [0.29, 0.717) is 36.0 Å². The second kappa shape index (κ2) is 11.0. The van der Waals surface area contributed by atoms with Crippen molar-refractivity contribution in [1.29, 1.82) is 0 Å². The number of hydrogen-bond acceptors (Lipinski definition) is 8. The van der Waals surface area contributed by atoms with Gasteiger partial charge in [-0.3, -0.25) is 9.59 Å². The largest absolute Gasteiger partial charge is 0.495 e. The fourth-order valence-corrected chi connectivity index (χ4v) is 5.16. The summed E-state index contributed by atoms with van der Waals surface area (Å²) in [6.45, 7) is 2.82. The third-order valence-electron chi connectivity index (χ3n) is 7.02. The molecule has 0 atom stereocenters. The van der Waals surface area contributed by atoms with Crippen molar-refractivity contribution < 1.29 is 18.7 Å². The Balaban J connectivity index is 1.58. The zero-order valence-electron chi connectivity index (χ0n) is 23.9. The van der Waals surface area contributed by atoms with E-state index in [-0.39, 0.29) is 23.1 Å². The lowest BCUT2D eigenvalue weighted by atomic mass is 10.1. The molecule has 41 heavy (non-hydrogen) atoms. The lowest BCUT2D eigenvalue weighted by Gasteiger charge is -2.21. The first-order valence-corrected chi connectivity index (χ1v) is 13.2. The number of methoxy groups -OCH3 is 1. The van der Waals surface area contributed by atoms with Crippen molar-refractivity contribution in [3.8, 4) is 5.75 Å². The number of nitrogens with one attached hydrogen (secondary N) is 3. The molecule has 0 saturated carbocycles. The molecule has 0 saturated heterocycles. The van der Waals surface area contributed by atoms with Crippen LogP contribution in [0, 0.1) is 12.7 Å². The number of benzene rings is 2. The molecule has 0 radical (unpaired) electrons. The number of amides is 2. The monoisotopic (exact) mass is 560 g/mol. The van der Waals surface area contributed by atoms with E-state index in [4.69, 9.17) is 14.7 Å². The van der Waals surface area contributed by atoms with Crippen LogP contribution in [0.25, 0.3) is 11.0 Å². The molecule has 2 aromatic heterocycles. The van der Waals surface area contributed by atoms with Gasteiger partial charge in [0.1, 0.15) is 23.0 Å². The predicted molar refractivity (Wildman–Crippen MR) is 157 cm³/mol. The summed E-state index contributed by atoms with van der Waals surface area (Å²) in [4.78, 5) is 38.5. The number of likely N-dealkylation sites (N-methyl/N-ethyl adjacent to an activating group) is 1. The number of ether oxygens (including phenoxy) is 1. The molecule has 3 N–H and O–H groups in total. The molecular weight excluding hydrogens is 527 g/mol. The second-order valence-electron chi connectivity index (χ2n) is 10.2. The molecule has 0 aliphatic carbocycles. The van der Waals surface area contributed by atoms with E-state index in [0.717, 1.165) is 28.6 Å². The Labute approximate surface area is 237 Å². The summed E-state index contributed by atoms with van der Waals surface area (Å²) in [5, 5.41) is 9.65. The van der Waals surface area contributed by atoms with Gasteiger partial charge in [-0.05, 0) is 62.8 Å². The molecule has 12 heteroatoms. The molecule has 4 aromatic rings. The summed E-state index contributed by atoms with van der Waals surface area (Å²) < 4.78 is 22.3. The van der Waals surface area contributed by atoms with Crippen molar-refractivity contribution >= 4 is 51.7 Å². The van der Waals surface area contributed by atoms with Gasteiger partial charge in [0.25, 0.3) is 5.91 Å². The van der Waals surface area contributed by atoms with Gasteiger partial charge in [0.2, 0.25) is 11.9 Å². The maximum absolute atomic E-state index is 14.7. The van der Waals surface area contributed by atoms with Crippen LogP contribution in [-0.2, 0) is 18.3 Å². The van der Waals surface area contributed by atoms with Crippen molar-refractivity contribution in [2.75, 3.05) is 56.9 Å². The van der Waals surface area contributed by atoms with Crippen LogP contribution >= 0.6 is 0 Å². The van der Waals surface area contributed by atoms with Gasteiger partial charge in [-0.2, -0.15) is 9.97 Å². The maximum atomic E-state index is 14.7. The molecule has 0 fully saturated rings. The number of aryl methyl sites for hydroxylation is 2. The topological polar surface area (TPSA) is 117 Å². The summed E-state index contributed by atoms with van der Waals surface area (Å²) >= 11 is 0. The Kier molecular flexibility index (Phi) is 7.50. The number of carbonyl (C=O) groups excluding carboxylic acids is 2. The highest BCUT2D eigenvalue weighted by atomic mass is 19.1. The van der Waals surface area contributed by atoms with E-state index in [9.17, 15) is 14.0 Å². The van der Waals surface area contributed by atoms with E-state index in [1.807, 2.05) is 55.9 Å². The first-order valence-electron chi connectivity index (χ1n) is 13.2. The number of rotatable bonds is 8. The second-order valence-corrected chi connectivity index (χ2v) is 10.2. The van der Waals surface area contributed by atoms with Crippen LogP contribution in [0.1, 0.15) is 21.5 Å². The van der Waals surface area contributed by atoms with Gasteiger partial charge < -0.3 is 35.1 Å². The van der Waals surface area contributed by atoms with Gasteiger partial charge in [-0.1, -0.05) is 6.07 Å². The lowest BCUT2D eigenvalue weighted by Crippen LogP contribution is -2.36. The van der Waals surface area contributed by atoms with Gasteiger partial charge in [0.05, 0.1) is 36.0 Å². The fraction of sp³-hybridized carbons (Fsp3) is 0.310. The van der Waals surface area contributed by atoms with Crippen LogP contribution in [-0.4, -0.2) is 72.6 Å². The molecule has 0 unspecified atom stereocenters. The predicted octanol–water partition coefficient (Wildman–Crippen LogP) is 3.72. The zero-order chi connectivity index (χ0) is 29.4. The summed E-state index contributed by atoms with van der Waals surface area (Å²) in [6.07, 6.45) is 2.65. The third-order valence-corrected chi connectivity index (χ3v) is 7.02. The number of fused-ring (bicyclic) bond motifs is 2. The van der Waals surface area contributed by atoms with E-state index >= 15 is 0 Å². The van der Waals surface area contributed by atoms with Crippen molar-refractivity contribution in [2.24, 2.45) is 7.05 Å². The molecule has 2 aromatic carbocycles. The molecule has 214 valence electrons. The third kappa shape index (κ3) is 5.25. The van der Waals surface area contributed by atoms with E-state index in [2.05, 4.69) is 16.0 Å². The molecule has 1 aliphatic heterocycles. The maximum Gasteiger partial charge on any atom is 0.256 e. The number of nitrogens with zero attached hydrogens (tertiary/aromatic N) is 5. The normalized spacial score (nSPS) is 12.5. The summed E-state index contributed by atoms with van der Waals surface area (Å²) in [7, 11) is 8.63. The van der Waals surface area contributed by atoms with Crippen LogP contribution in [0.2, 0.25) is 0 Å². The van der Waals surface area contributed by atoms with Gasteiger partial charge in [-0.15, -0.1) is 0 Å². The summed E-state index contributed by atoms with van der Waals surface area (Å²) in [6, 6.07) is 8.18. The van der Waals surface area contributed by atoms with E-state index < -0.39 is 11.7 Å². The van der Waals surface area contributed by atoms with Gasteiger partial charge in [0.15, 0.2) is 0 Å². The molecule has 5 rings (SSSR count). The standard InChI is InChI=1S/C29H33FN8O3/c1-16-14-37(5)27-24(16)26(32-19-9-7-8-18(30)25(19)28(40)31-2)34-29(35-27)33-20-13-21-17(12-22(20)41-6)10-11-38(21)23(39)15-36(3)4/h7-9,12-14H,10-11,15H2,1-6H3,(H,31,40)(H2,32,33,34,35). The first-order chi connectivity index (χ1) is 19.6. The molecular formula is C29H33FN8O3. The number of aromatic nitrogens is 3. The average Bonchev–Trinajstić information content (AvgIpc) is 3.47. The highest BCUT2D eigenvalue weighted by molar-refractivity contribution is 6.02. The number of anilines is 5. The average molecular weight is 561 g/mol. The van der Waals surface area contributed by atoms with E-state index in [1.54, 1.807) is 18.1 Å². The van der Waals surface area contributed by atoms with Crippen LogP contribution < -0.4 is 25.6 Å². The van der Waals surface area contributed by atoms with Gasteiger partial charge in [-0.25, -0.2) is 4.39 Å². The van der Waals surface area contributed by atoms with Crippen LogP contribution in [0.4, 0.5) is 33.2 Å². The molecule has 0 spiro atoms. The zero-order valence-corrected chi connectivity index (χ0v) is 23.9. The SMILES string of the molecule is CNC(=O)c1c(F)cccc1Nc1nc(Nc2cc3c(cc2OC)CCN3C(=O)CN(C)C)nc2c1c(C)cn2C. The van der Waals surface area contributed by atoms with Gasteiger partial charge >= 0.3 is 0 Å². The quantitative estimate of drug-likeness (QED) is 0.299. The van der Waals surface area contributed by atoms with Crippen LogP contribution in [0.15, 0.2) is 36.5 Å². The molecule has 0 bridgehead atoms. The van der Waals surface area contributed by atoms with Gasteiger partial charge in [0, 0.05) is 32.5 Å². The minimum atomic E-state index is -0.654. The van der Waals surface area contributed by atoms with E-state index in [1.165, 1.54) is 19.2 Å². The van der Waals surface area contributed by atoms with Crippen LogP contribution in [0.5, 0.6) is 5.75 Å². The van der Waals surface area contributed by atoms with Crippen molar-refractivity contribution in [1.82, 2.24) is 24.8 Å². The molecule has 3 heterocycles. The Morgan fingerprint density at radius 2 is 1.93 bits per heavy atom. The first kappa shape index (κ1) is 27.8. The number of halogens is 1. The summed E-state index contributed by atoms with van der Waals surface area (Å²) in [5.74, 6) is 0.0272. The summed E-state index contributed by atoms with van der Waals surface area (Å²) in [5.41, 5.74) is 4.09. The van der Waals surface area contributed by atoms with Crippen LogP contribution in [0.3, 0.4) is 0 Å². The Hall–Kier alpha value is -4.71. The molecule has 11 nitrogen and oxygen atoms in total. The number of hydrogen-bond donors (Lipinski definition) is 3.